The van der Waals surface area contributed by atoms with Crippen molar-refractivity contribution in [2.45, 2.75) is 11.8 Å². The van der Waals surface area contributed by atoms with E-state index >= 15 is 0 Å². The summed E-state index contributed by atoms with van der Waals surface area (Å²) in [5.41, 5.74) is -1.55. The van der Waals surface area contributed by atoms with Crippen LogP contribution < -0.4 is 20.2 Å². The summed E-state index contributed by atoms with van der Waals surface area (Å²) in [7, 11) is -0.399. The fourth-order valence-corrected chi connectivity index (χ4v) is 3.31. The van der Waals surface area contributed by atoms with E-state index in [1.54, 1.807) is 12.1 Å². The molecule has 0 aliphatic carbocycles. The van der Waals surface area contributed by atoms with Crippen LogP contribution in [0.4, 0.5) is 0 Å². The summed E-state index contributed by atoms with van der Waals surface area (Å²) in [5, 5.41) is 0. The lowest BCUT2D eigenvalue weighted by Gasteiger charge is -2.13. The summed E-state index contributed by atoms with van der Waals surface area (Å²) in [6.45, 7) is 1.37. The van der Waals surface area contributed by atoms with Crippen LogP contribution >= 0.6 is 0 Å². The van der Waals surface area contributed by atoms with Gasteiger partial charge in [0.2, 0.25) is 0 Å². The summed E-state index contributed by atoms with van der Waals surface area (Å²) < 4.78 is 36.7. The van der Waals surface area contributed by atoms with Crippen molar-refractivity contribution in [1.82, 2.24) is 9.13 Å². The number of hydrogen-bond donors (Lipinski definition) is 0. The fourth-order valence-electron chi connectivity index (χ4n) is 2.02. The van der Waals surface area contributed by atoms with Gasteiger partial charge in [0.1, 0.15) is 11.5 Å². The van der Waals surface area contributed by atoms with E-state index < -0.39 is 26.3 Å². The molecule has 124 valence electrons. The van der Waals surface area contributed by atoms with Crippen molar-refractivity contribution in [3.8, 4) is 11.5 Å². The van der Waals surface area contributed by atoms with Gasteiger partial charge >= 0.3 is 15.8 Å². The zero-order chi connectivity index (χ0) is 17.4. The maximum atomic E-state index is 12.5. The SMILES string of the molecule is COc1cccc(OS(=O)(=O)c2c(C)n(C)c(=O)n(C)c2=O)c1. The normalized spacial score (nSPS) is 11.3. The Labute approximate surface area is 132 Å². The minimum atomic E-state index is -4.41. The molecule has 2 aromatic rings. The van der Waals surface area contributed by atoms with Crippen LogP contribution in [0.3, 0.4) is 0 Å². The second kappa shape index (κ2) is 5.92. The zero-order valence-corrected chi connectivity index (χ0v) is 13.9. The zero-order valence-electron chi connectivity index (χ0n) is 13.1. The Bertz CT molecular complexity index is 972. The Hall–Kier alpha value is -2.55. The first kappa shape index (κ1) is 16.8. The average Bonchev–Trinajstić information content (AvgIpc) is 2.50. The first-order chi connectivity index (χ1) is 10.7. The van der Waals surface area contributed by atoms with Gasteiger partial charge in [-0.2, -0.15) is 8.42 Å². The third-order valence-corrected chi connectivity index (χ3v) is 4.78. The molecule has 0 amide bonds. The first-order valence-electron chi connectivity index (χ1n) is 6.54. The largest absolute Gasteiger partial charge is 0.497 e. The number of benzene rings is 1. The van der Waals surface area contributed by atoms with E-state index in [9.17, 15) is 18.0 Å². The second-order valence-corrected chi connectivity index (χ2v) is 6.32. The van der Waals surface area contributed by atoms with E-state index in [-0.39, 0.29) is 11.4 Å². The fraction of sp³-hybridized carbons (Fsp3) is 0.286. The number of nitrogens with zero attached hydrogens (tertiary/aromatic N) is 2. The monoisotopic (exact) mass is 340 g/mol. The van der Waals surface area contributed by atoms with Gasteiger partial charge in [0.25, 0.3) is 5.56 Å². The number of ether oxygens (including phenoxy) is 1. The molecule has 2 rings (SSSR count). The molecular weight excluding hydrogens is 324 g/mol. The quantitative estimate of drug-likeness (QED) is 0.736. The van der Waals surface area contributed by atoms with Gasteiger partial charge in [-0.25, -0.2) is 4.79 Å². The van der Waals surface area contributed by atoms with Crippen LogP contribution in [0.15, 0.2) is 38.8 Å². The molecule has 23 heavy (non-hydrogen) atoms. The standard InChI is InChI=1S/C14H16N2O6S/c1-9-12(13(17)16(3)14(18)15(9)2)23(19,20)22-11-7-5-6-10(8-11)21-4/h5-8H,1-4H3. The van der Waals surface area contributed by atoms with Gasteiger partial charge in [0, 0.05) is 25.9 Å². The van der Waals surface area contributed by atoms with Crippen LogP contribution in [-0.2, 0) is 24.2 Å². The minimum Gasteiger partial charge on any atom is -0.497 e. The Morgan fingerprint density at radius 1 is 1.04 bits per heavy atom. The molecule has 0 aliphatic heterocycles. The maximum Gasteiger partial charge on any atom is 0.346 e. The third kappa shape index (κ3) is 3.00. The molecule has 9 heteroatoms. The highest BCUT2D eigenvalue weighted by Gasteiger charge is 2.27. The molecule has 0 spiro atoms. The molecule has 0 N–H and O–H groups in total. The maximum absolute atomic E-state index is 12.5. The third-order valence-electron chi connectivity index (χ3n) is 3.40. The van der Waals surface area contributed by atoms with E-state index in [2.05, 4.69) is 0 Å². The van der Waals surface area contributed by atoms with Crippen molar-refractivity contribution < 1.29 is 17.3 Å². The second-order valence-electron chi connectivity index (χ2n) is 4.84. The first-order valence-corrected chi connectivity index (χ1v) is 7.95. The van der Waals surface area contributed by atoms with Crippen molar-refractivity contribution in [1.29, 1.82) is 0 Å². The minimum absolute atomic E-state index is 0.000318. The lowest BCUT2D eigenvalue weighted by molar-refractivity contribution is 0.411. The van der Waals surface area contributed by atoms with E-state index in [0.29, 0.717) is 5.75 Å². The van der Waals surface area contributed by atoms with Gasteiger partial charge in [-0.1, -0.05) is 6.07 Å². The van der Waals surface area contributed by atoms with Crippen molar-refractivity contribution >= 4 is 10.1 Å². The molecule has 0 atom stereocenters. The Balaban J connectivity index is 2.61. The molecule has 0 aliphatic rings. The van der Waals surface area contributed by atoms with Crippen LogP contribution in [0, 0.1) is 6.92 Å². The predicted octanol–water partition coefficient (Wildman–Crippen LogP) is 0.169. The van der Waals surface area contributed by atoms with E-state index in [1.807, 2.05) is 0 Å². The molecule has 0 saturated carbocycles. The number of aromatic nitrogens is 2. The molecule has 0 bridgehead atoms. The molecule has 0 saturated heterocycles. The summed E-state index contributed by atoms with van der Waals surface area (Å²) in [4.78, 5) is 23.4. The van der Waals surface area contributed by atoms with Gasteiger partial charge < -0.3 is 8.92 Å². The van der Waals surface area contributed by atoms with Gasteiger partial charge in [0.15, 0.2) is 4.90 Å². The molecular formula is C14H16N2O6S. The summed E-state index contributed by atoms with van der Waals surface area (Å²) in [5.74, 6) is 0.405. The van der Waals surface area contributed by atoms with Crippen LogP contribution in [0.1, 0.15) is 5.69 Å². The van der Waals surface area contributed by atoms with Gasteiger partial charge in [-0.15, -0.1) is 0 Å². The molecule has 0 fully saturated rings. The van der Waals surface area contributed by atoms with E-state index in [0.717, 1.165) is 9.13 Å². The van der Waals surface area contributed by atoms with Crippen molar-refractivity contribution in [2.24, 2.45) is 14.1 Å². The smallest absolute Gasteiger partial charge is 0.346 e. The van der Waals surface area contributed by atoms with Crippen LogP contribution in [-0.4, -0.2) is 24.7 Å². The number of rotatable bonds is 4. The van der Waals surface area contributed by atoms with Crippen LogP contribution in [0.2, 0.25) is 0 Å². The Morgan fingerprint density at radius 2 is 1.65 bits per heavy atom. The highest BCUT2D eigenvalue weighted by molar-refractivity contribution is 7.87. The summed E-state index contributed by atoms with van der Waals surface area (Å²) in [6.07, 6.45) is 0. The van der Waals surface area contributed by atoms with Crippen molar-refractivity contribution in [3.63, 3.8) is 0 Å². The molecule has 8 nitrogen and oxygen atoms in total. The van der Waals surface area contributed by atoms with Gasteiger partial charge in [-0.05, 0) is 19.1 Å². The van der Waals surface area contributed by atoms with E-state index in [1.165, 1.54) is 40.3 Å². The van der Waals surface area contributed by atoms with Gasteiger partial charge in [-0.3, -0.25) is 13.9 Å². The molecule has 1 aromatic heterocycles. The molecule has 0 unspecified atom stereocenters. The summed E-state index contributed by atoms with van der Waals surface area (Å²) >= 11 is 0. The highest BCUT2D eigenvalue weighted by Crippen LogP contribution is 2.22. The lowest BCUT2D eigenvalue weighted by Crippen LogP contribution is -2.41. The predicted molar refractivity (Wildman–Crippen MR) is 82.5 cm³/mol. The Morgan fingerprint density at radius 3 is 2.26 bits per heavy atom. The lowest BCUT2D eigenvalue weighted by atomic mass is 10.3. The Kier molecular flexibility index (Phi) is 4.33. The van der Waals surface area contributed by atoms with Crippen molar-refractivity contribution in [2.75, 3.05) is 7.11 Å². The average molecular weight is 340 g/mol. The number of methoxy groups -OCH3 is 1. The molecule has 1 heterocycles. The van der Waals surface area contributed by atoms with Crippen LogP contribution in [0.5, 0.6) is 11.5 Å². The highest BCUT2D eigenvalue weighted by atomic mass is 32.2. The molecule has 0 radical (unpaired) electrons. The topological polar surface area (TPSA) is 96.6 Å². The van der Waals surface area contributed by atoms with Gasteiger partial charge in [0.05, 0.1) is 7.11 Å². The molecule has 1 aromatic carbocycles. The van der Waals surface area contributed by atoms with E-state index in [4.69, 9.17) is 8.92 Å². The van der Waals surface area contributed by atoms with Crippen LogP contribution in [0.25, 0.3) is 0 Å². The summed E-state index contributed by atoms with van der Waals surface area (Å²) in [6, 6.07) is 5.96. The number of hydrogen-bond acceptors (Lipinski definition) is 6. The van der Waals surface area contributed by atoms with Crippen molar-refractivity contribution in [3.05, 3.63) is 50.8 Å².